The van der Waals surface area contributed by atoms with Crippen LogP contribution in [0.15, 0.2) is 35.2 Å². The van der Waals surface area contributed by atoms with E-state index in [0.717, 1.165) is 36.3 Å². The van der Waals surface area contributed by atoms with E-state index >= 15 is 0 Å². The van der Waals surface area contributed by atoms with Gasteiger partial charge >= 0.3 is 0 Å². The molecule has 2 aromatic carbocycles. The zero-order valence-corrected chi connectivity index (χ0v) is 24.7. The molecule has 6 nitrogen and oxygen atoms in total. The van der Waals surface area contributed by atoms with Gasteiger partial charge in [0.2, 0.25) is 0 Å². The minimum atomic E-state index is -4.06. The van der Waals surface area contributed by atoms with Gasteiger partial charge in [0.05, 0.1) is 27.1 Å². The van der Waals surface area contributed by atoms with Crippen LogP contribution in [0.5, 0.6) is 0 Å². The molecule has 37 heavy (non-hydrogen) atoms. The van der Waals surface area contributed by atoms with Crippen LogP contribution in [0.1, 0.15) is 35.7 Å². The summed E-state index contributed by atoms with van der Waals surface area (Å²) in [5.74, 6) is 0.315. The van der Waals surface area contributed by atoms with Crippen molar-refractivity contribution in [3.05, 3.63) is 62.2 Å². The molecule has 0 bridgehead atoms. The van der Waals surface area contributed by atoms with E-state index in [0.29, 0.717) is 23.7 Å². The molecule has 0 aliphatic carbocycles. The van der Waals surface area contributed by atoms with E-state index in [1.54, 1.807) is 23.9 Å². The standard InChI is InChI=1S/C27H30Cl2N4O2S2/c1-15(2)10-23-26(16(3)33(5)30-23)31-37(34,35)27-21(28)12-18(13-22(27)29)17-6-7-24-19(11-17)20-14-32(4)9-8-25(20)36-24/h6-7,11-13,15,31H,8-10,14H2,1-5H3. The third-order valence-electron chi connectivity index (χ3n) is 6.87. The van der Waals surface area contributed by atoms with Gasteiger partial charge in [-0.1, -0.05) is 43.1 Å². The average Bonchev–Trinajstić information content (AvgIpc) is 3.29. The molecule has 10 heteroatoms. The lowest BCUT2D eigenvalue weighted by atomic mass is 10.00. The van der Waals surface area contributed by atoms with Crippen molar-refractivity contribution in [1.29, 1.82) is 0 Å². The topological polar surface area (TPSA) is 67.2 Å². The molecule has 0 atom stereocenters. The molecule has 196 valence electrons. The number of nitrogens with zero attached hydrogens (tertiary/aromatic N) is 3. The Morgan fingerprint density at radius 3 is 2.49 bits per heavy atom. The van der Waals surface area contributed by atoms with Crippen LogP contribution in [0.3, 0.4) is 0 Å². The molecule has 4 aromatic rings. The predicted octanol–water partition coefficient (Wildman–Crippen LogP) is 6.90. The van der Waals surface area contributed by atoms with E-state index in [9.17, 15) is 8.42 Å². The summed E-state index contributed by atoms with van der Waals surface area (Å²) in [5, 5.41) is 5.90. The first-order chi connectivity index (χ1) is 17.4. The van der Waals surface area contributed by atoms with Crippen LogP contribution in [0.4, 0.5) is 5.69 Å². The first kappa shape index (κ1) is 26.5. The first-order valence-electron chi connectivity index (χ1n) is 12.2. The van der Waals surface area contributed by atoms with Crippen LogP contribution in [0.2, 0.25) is 10.0 Å². The third-order valence-corrected chi connectivity index (χ3v) is 10.4. The molecule has 0 fully saturated rings. The number of hydrogen-bond acceptors (Lipinski definition) is 5. The number of halogens is 2. The van der Waals surface area contributed by atoms with Gasteiger partial charge in [0, 0.05) is 29.7 Å². The Hall–Kier alpha value is -2.10. The number of benzene rings is 2. The minimum Gasteiger partial charge on any atom is -0.302 e. The highest BCUT2D eigenvalue weighted by atomic mass is 35.5. The minimum absolute atomic E-state index is 0.0779. The van der Waals surface area contributed by atoms with Crippen molar-refractivity contribution in [2.45, 2.75) is 45.1 Å². The number of sulfonamides is 1. The summed E-state index contributed by atoms with van der Waals surface area (Å²) in [6, 6.07) is 9.69. The van der Waals surface area contributed by atoms with Gasteiger partial charge in [0.25, 0.3) is 10.0 Å². The molecule has 2 aromatic heterocycles. The lowest BCUT2D eigenvalue weighted by Gasteiger charge is -2.22. The highest BCUT2D eigenvalue weighted by molar-refractivity contribution is 7.93. The van der Waals surface area contributed by atoms with Gasteiger partial charge in [-0.15, -0.1) is 11.3 Å². The number of hydrogen-bond donors (Lipinski definition) is 1. The number of nitrogens with one attached hydrogen (secondary N) is 1. The zero-order valence-electron chi connectivity index (χ0n) is 21.5. The van der Waals surface area contributed by atoms with Crippen molar-refractivity contribution in [1.82, 2.24) is 14.7 Å². The molecule has 0 saturated heterocycles. The molecule has 0 unspecified atom stereocenters. The fraction of sp³-hybridized carbons (Fsp3) is 0.370. The molecular weight excluding hydrogens is 547 g/mol. The normalized spacial score (nSPS) is 14.5. The summed E-state index contributed by atoms with van der Waals surface area (Å²) in [6.45, 7) is 7.96. The second kappa shape index (κ2) is 9.89. The fourth-order valence-electron chi connectivity index (χ4n) is 4.90. The highest BCUT2D eigenvalue weighted by Gasteiger charge is 2.27. The highest BCUT2D eigenvalue weighted by Crippen LogP contribution is 2.40. The largest absolute Gasteiger partial charge is 0.302 e. The lowest BCUT2D eigenvalue weighted by molar-refractivity contribution is 0.317. The monoisotopic (exact) mass is 576 g/mol. The zero-order chi connectivity index (χ0) is 26.6. The maximum atomic E-state index is 13.5. The Morgan fingerprint density at radius 1 is 1.11 bits per heavy atom. The number of thiophene rings is 1. The second-order valence-electron chi connectivity index (χ2n) is 10.2. The number of rotatable bonds is 6. The molecule has 1 N–H and O–H groups in total. The van der Waals surface area contributed by atoms with Crippen molar-refractivity contribution < 1.29 is 8.42 Å². The van der Waals surface area contributed by atoms with E-state index in [1.165, 1.54) is 20.5 Å². The van der Waals surface area contributed by atoms with E-state index in [1.807, 2.05) is 24.3 Å². The van der Waals surface area contributed by atoms with Crippen LogP contribution in [0.25, 0.3) is 21.2 Å². The molecule has 0 amide bonds. The van der Waals surface area contributed by atoms with Crippen molar-refractivity contribution >= 4 is 60.3 Å². The molecule has 3 heterocycles. The third kappa shape index (κ3) is 5.02. The van der Waals surface area contributed by atoms with Gasteiger partial charge in [-0.2, -0.15) is 5.10 Å². The second-order valence-corrected chi connectivity index (χ2v) is 13.8. The number of fused-ring (bicyclic) bond motifs is 3. The number of aryl methyl sites for hydroxylation is 1. The Morgan fingerprint density at radius 2 is 1.81 bits per heavy atom. The molecule has 1 aliphatic heterocycles. The van der Waals surface area contributed by atoms with E-state index in [2.05, 4.69) is 47.7 Å². The van der Waals surface area contributed by atoms with E-state index in [-0.39, 0.29) is 14.9 Å². The molecule has 0 spiro atoms. The van der Waals surface area contributed by atoms with Crippen molar-refractivity contribution in [3.63, 3.8) is 0 Å². The molecule has 1 aliphatic rings. The van der Waals surface area contributed by atoms with Gasteiger partial charge in [-0.3, -0.25) is 9.40 Å². The number of likely N-dealkylation sites (N-methyl/N-ethyl adjacent to an activating group) is 1. The SMILES string of the molecule is Cc1c(NS(=O)(=O)c2c(Cl)cc(-c3ccc4sc5c(c4c3)CN(C)CC5)cc2Cl)c(CC(C)C)nn1C. The van der Waals surface area contributed by atoms with Crippen molar-refractivity contribution in [2.75, 3.05) is 18.3 Å². The van der Waals surface area contributed by atoms with Gasteiger partial charge in [-0.05, 0) is 79.1 Å². The summed E-state index contributed by atoms with van der Waals surface area (Å²) in [5.41, 5.74) is 4.99. The summed E-state index contributed by atoms with van der Waals surface area (Å²) >= 11 is 15.1. The Balaban J connectivity index is 1.52. The summed E-state index contributed by atoms with van der Waals surface area (Å²) in [6.07, 6.45) is 1.71. The van der Waals surface area contributed by atoms with Crippen LogP contribution >= 0.6 is 34.5 Å². The van der Waals surface area contributed by atoms with Gasteiger partial charge in [0.1, 0.15) is 4.90 Å². The van der Waals surface area contributed by atoms with Crippen molar-refractivity contribution in [2.24, 2.45) is 13.0 Å². The maximum Gasteiger partial charge on any atom is 0.264 e. The molecule has 0 saturated carbocycles. The Bertz CT molecular complexity index is 1600. The summed E-state index contributed by atoms with van der Waals surface area (Å²) in [4.78, 5) is 3.64. The Labute approximate surface area is 232 Å². The maximum absolute atomic E-state index is 13.5. The van der Waals surface area contributed by atoms with Crippen molar-refractivity contribution in [3.8, 4) is 11.1 Å². The summed E-state index contributed by atoms with van der Waals surface area (Å²) in [7, 11) is -0.119. The lowest BCUT2D eigenvalue weighted by Crippen LogP contribution is -2.25. The van der Waals surface area contributed by atoms with Gasteiger partial charge in [0.15, 0.2) is 0 Å². The van der Waals surface area contributed by atoms with Crippen LogP contribution in [-0.4, -0.2) is 36.7 Å². The van der Waals surface area contributed by atoms with Crippen LogP contribution < -0.4 is 4.72 Å². The predicted molar refractivity (Wildman–Crippen MR) is 155 cm³/mol. The smallest absolute Gasteiger partial charge is 0.264 e. The fourth-order valence-corrected chi connectivity index (χ4v) is 8.45. The quantitative estimate of drug-likeness (QED) is 0.271. The number of anilines is 1. The van der Waals surface area contributed by atoms with Crippen LogP contribution in [-0.2, 0) is 36.5 Å². The average molecular weight is 578 g/mol. The Kier molecular flexibility index (Phi) is 7.09. The summed E-state index contributed by atoms with van der Waals surface area (Å²) < 4.78 is 32.7. The first-order valence-corrected chi connectivity index (χ1v) is 15.3. The van der Waals surface area contributed by atoms with E-state index in [4.69, 9.17) is 23.2 Å². The van der Waals surface area contributed by atoms with Gasteiger partial charge in [-0.25, -0.2) is 8.42 Å². The molecular formula is C27H30Cl2N4O2S2. The van der Waals surface area contributed by atoms with Gasteiger partial charge < -0.3 is 4.90 Å². The van der Waals surface area contributed by atoms with E-state index < -0.39 is 10.0 Å². The van der Waals surface area contributed by atoms with Crippen LogP contribution in [0, 0.1) is 12.8 Å². The molecule has 5 rings (SSSR count). The molecule has 0 radical (unpaired) electrons. The number of aromatic nitrogens is 2.